The molecule has 2 aromatic carbocycles. The third-order valence-corrected chi connectivity index (χ3v) is 6.86. The summed E-state index contributed by atoms with van der Waals surface area (Å²) in [5.74, 6) is -1.26. The molecule has 2 aromatic rings. The summed E-state index contributed by atoms with van der Waals surface area (Å²) in [7, 11) is 0. The van der Waals surface area contributed by atoms with E-state index in [0.29, 0.717) is 12.1 Å². The lowest BCUT2D eigenvalue weighted by Crippen LogP contribution is -2.33. The number of likely N-dealkylation sites (tertiary alicyclic amines) is 1. The van der Waals surface area contributed by atoms with Crippen LogP contribution in [0.1, 0.15) is 48.6 Å². The fraction of sp³-hybridized carbons (Fsp3) is 0.385. The molecule has 1 unspecified atom stereocenters. The van der Waals surface area contributed by atoms with Crippen LogP contribution in [-0.4, -0.2) is 52.8 Å². The van der Waals surface area contributed by atoms with Crippen LogP contribution in [-0.2, 0) is 9.59 Å². The van der Waals surface area contributed by atoms with Crippen molar-refractivity contribution in [1.82, 2.24) is 9.80 Å². The molecule has 0 aliphatic carbocycles. The highest BCUT2D eigenvalue weighted by molar-refractivity contribution is 14.1. The number of benzene rings is 2. The van der Waals surface area contributed by atoms with Gasteiger partial charge in [-0.3, -0.25) is 9.59 Å². The monoisotopic (exact) mass is 546 g/mol. The highest BCUT2D eigenvalue weighted by Gasteiger charge is 2.45. The summed E-state index contributed by atoms with van der Waals surface area (Å²) in [5.41, 5.74) is 3.45. The van der Waals surface area contributed by atoms with Gasteiger partial charge in [0, 0.05) is 15.7 Å². The van der Waals surface area contributed by atoms with Crippen LogP contribution < -0.4 is 0 Å². The van der Waals surface area contributed by atoms with E-state index in [9.17, 15) is 14.7 Å². The van der Waals surface area contributed by atoms with Crippen LogP contribution in [0, 0.1) is 17.4 Å². The Bertz CT molecular complexity index is 1030. The number of Topliss-reactive ketones (excluding diaryl/α,β-unsaturated/α-hetero) is 1. The molecule has 6 heteroatoms. The van der Waals surface area contributed by atoms with E-state index in [1.165, 1.54) is 0 Å². The van der Waals surface area contributed by atoms with Crippen molar-refractivity contribution in [2.45, 2.75) is 40.2 Å². The zero-order valence-corrected chi connectivity index (χ0v) is 21.3. The molecule has 0 saturated carbocycles. The van der Waals surface area contributed by atoms with Gasteiger partial charge in [-0.25, -0.2) is 0 Å². The van der Waals surface area contributed by atoms with Crippen molar-refractivity contribution in [3.05, 3.63) is 73.9 Å². The molecule has 1 saturated heterocycles. The van der Waals surface area contributed by atoms with E-state index in [1.54, 1.807) is 4.90 Å². The van der Waals surface area contributed by atoms with Crippen molar-refractivity contribution in [1.29, 1.82) is 0 Å². The van der Waals surface area contributed by atoms with Crippen LogP contribution in [0.15, 0.2) is 48.0 Å². The van der Waals surface area contributed by atoms with Crippen molar-refractivity contribution >= 4 is 40.0 Å². The lowest BCUT2D eigenvalue weighted by atomic mass is 9.93. The molecule has 1 heterocycles. The maximum Gasteiger partial charge on any atom is 0.295 e. The van der Waals surface area contributed by atoms with Crippen LogP contribution in [0.5, 0.6) is 0 Å². The van der Waals surface area contributed by atoms with E-state index in [2.05, 4.69) is 41.3 Å². The van der Waals surface area contributed by atoms with E-state index in [4.69, 9.17) is 0 Å². The maximum absolute atomic E-state index is 13.2. The van der Waals surface area contributed by atoms with Gasteiger partial charge in [-0.1, -0.05) is 43.7 Å². The Kier molecular flexibility index (Phi) is 8.11. The Morgan fingerprint density at radius 2 is 1.72 bits per heavy atom. The first-order valence-corrected chi connectivity index (χ1v) is 12.2. The lowest BCUT2D eigenvalue weighted by molar-refractivity contribution is -0.140. The summed E-state index contributed by atoms with van der Waals surface area (Å²) in [6.45, 7) is 11.3. The molecule has 1 N–H and O–H groups in total. The average molecular weight is 546 g/mol. The molecule has 0 radical (unpaired) electrons. The fourth-order valence-corrected chi connectivity index (χ4v) is 4.60. The van der Waals surface area contributed by atoms with Gasteiger partial charge in [-0.2, -0.15) is 0 Å². The van der Waals surface area contributed by atoms with Gasteiger partial charge in [0.05, 0.1) is 11.6 Å². The third kappa shape index (κ3) is 5.07. The summed E-state index contributed by atoms with van der Waals surface area (Å²) >= 11 is 2.23. The number of rotatable bonds is 8. The fourth-order valence-electron chi connectivity index (χ4n) is 4.24. The Balaban J connectivity index is 2.06. The van der Waals surface area contributed by atoms with Crippen molar-refractivity contribution in [2.24, 2.45) is 0 Å². The number of aliphatic hydroxyl groups is 1. The standard InChI is InChI=1S/C26H31IN2O3/c1-5-28(6-2)14-7-15-29-23(19-10-12-20(27)13-11-19)22(25(31)26(29)32)24(30)21-16-17(3)8-9-18(21)4/h8-13,16,23,30H,5-7,14-15H2,1-4H3/b24-22+. The molecule has 1 amide bonds. The van der Waals surface area contributed by atoms with Gasteiger partial charge in [0.1, 0.15) is 5.76 Å². The molecule has 3 rings (SSSR count). The Hall–Kier alpha value is -2.19. The molecule has 0 aromatic heterocycles. The first kappa shape index (κ1) is 24.5. The number of halogens is 1. The predicted molar refractivity (Wildman–Crippen MR) is 136 cm³/mol. The highest BCUT2D eigenvalue weighted by atomic mass is 127. The highest BCUT2D eigenvalue weighted by Crippen LogP contribution is 2.40. The molecule has 1 aliphatic rings. The van der Waals surface area contributed by atoms with Crippen LogP contribution in [0.4, 0.5) is 0 Å². The molecule has 0 spiro atoms. The molecule has 170 valence electrons. The van der Waals surface area contributed by atoms with Gasteiger partial charge in [0.25, 0.3) is 11.7 Å². The number of ketones is 1. The van der Waals surface area contributed by atoms with Crippen molar-refractivity contribution in [3.63, 3.8) is 0 Å². The van der Waals surface area contributed by atoms with Crippen LogP contribution in [0.3, 0.4) is 0 Å². The van der Waals surface area contributed by atoms with Crippen molar-refractivity contribution < 1.29 is 14.7 Å². The number of hydrogen-bond donors (Lipinski definition) is 1. The van der Waals surface area contributed by atoms with E-state index < -0.39 is 17.7 Å². The Morgan fingerprint density at radius 3 is 2.34 bits per heavy atom. The van der Waals surface area contributed by atoms with Crippen LogP contribution >= 0.6 is 22.6 Å². The second kappa shape index (κ2) is 10.6. The number of carbonyl (C=O) groups excluding carboxylic acids is 2. The molecule has 32 heavy (non-hydrogen) atoms. The molecular formula is C26H31IN2O3. The number of aryl methyl sites for hydroxylation is 2. The van der Waals surface area contributed by atoms with Crippen LogP contribution in [0.25, 0.3) is 5.76 Å². The first-order valence-electron chi connectivity index (χ1n) is 11.1. The summed E-state index contributed by atoms with van der Waals surface area (Å²) in [4.78, 5) is 30.2. The minimum Gasteiger partial charge on any atom is -0.507 e. The minimum atomic E-state index is -0.616. The molecule has 1 atom stereocenters. The smallest absolute Gasteiger partial charge is 0.295 e. The van der Waals surface area contributed by atoms with E-state index in [-0.39, 0.29) is 11.3 Å². The lowest BCUT2D eigenvalue weighted by Gasteiger charge is -2.27. The van der Waals surface area contributed by atoms with E-state index in [1.807, 2.05) is 56.3 Å². The van der Waals surface area contributed by atoms with E-state index >= 15 is 0 Å². The molecule has 1 fully saturated rings. The van der Waals surface area contributed by atoms with Gasteiger partial charge in [-0.05, 0) is 91.8 Å². The number of carbonyl (C=O) groups is 2. The van der Waals surface area contributed by atoms with Gasteiger partial charge in [0.2, 0.25) is 0 Å². The molecular weight excluding hydrogens is 515 g/mol. The summed E-state index contributed by atoms with van der Waals surface area (Å²) in [5, 5.41) is 11.3. The molecule has 5 nitrogen and oxygen atoms in total. The number of nitrogens with zero attached hydrogens (tertiary/aromatic N) is 2. The van der Waals surface area contributed by atoms with Gasteiger partial charge < -0.3 is 14.9 Å². The number of aliphatic hydroxyl groups excluding tert-OH is 1. The summed E-state index contributed by atoms with van der Waals surface area (Å²) in [6.07, 6.45) is 0.763. The Morgan fingerprint density at radius 1 is 1.06 bits per heavy atom. The summed E-state index contributed by atoms with van der Waals surface area (Å²) < 4.78 is 1.07. The van der Waals surface area contributed by atoms with Gasteiger partial charge >= 0.3 is 0 Å². The number of amides is 1. The van der Waals surface area contributed by atoms with Crippen molar-refractivity contribution in [2.75, 3.05) is 26.2 Å². The first-order chi connectivity index (χ1) is 15.3. The SMILES string of the molecule is CCN(CC)CCCN1C(=O)C(=O)/C(=C(/O)c2cc(C)ccc2C)C1c1ccc(I)cc1. The topological polar surface area (TPSA) is 60.9 Å². The third-order valence-electron chi connectivity index (χ3n) is 6.14. The van der Waals surface area contributed by atoms with E-state index in [0.717, 1.165) is 46.3 Å². The second-order valence-electron chi connectivity index (χ2n) is 8.24. The maximum atomic E-state index is 13.2. The molecule has 1 aliphatic heterocycles. The predicted octanol–water partition coefficient (Wildman–Crippen LogP) is 5.06. The zero-order chi connectivity index (χ0) is 23.4. The molecule has 0 bridgehead atoms. The van der Waals surface area contributed by atoms with Gasteiger partial charge in [0.15, 0.2) is 0 Å². The van der Waals surface area contributed by atoms with Crippen LogP contribution in [0.2, 0.25) is 0 Å². The summed E-state index contributed by atoms with van der Waals surface area (Å²) in [6, 6.07) is 13.0. The van der Waals surface area contributed by atoms with Gasteiger partial charge in [-0.15, -0.1) is 0 Å². The number of hydrogen-bond acceptors (Lipinski definition) is 4. The average Bonchev–Trinajstić information content (AvgIpc) is 3.03. The Labute approximate surface area is 204 Å². The zero-order valence-electron chi connectivity index (χ0n) is 19.2. The van der Waals surface area contributed by atoms with Crippen molar-refractivity contribution in [3.8, 4) is 0 Å². The quantitative estimate of drug-likeness (QED) is 0.218. The second-order valence-corrected chi connectivity index (χ2v) is 9.49. The normalized spacial score (nSPS) is 18.1. The largest absolute Gasteiger partial charge is 0.507 e. The minimum absolute atomic E-state index is 0.0978.